The van der Waals surface area contributed by atoms with Crippen LogP contribution in [-0.4, -0.2) is 21.8 Å². The van der Waals surface area contributed by atoms with Crippen LogP contribution in [0, 0.1) is 10.8 Å². The summed E-state index contributed by atoms with van der Waals surface area (Å²) in [5, 5.41) is 18.7. The van der Waals surface area contributed by atoms with Gasteiger partial charge in [0.2, 0.25) is 0 Å². The zero-order valence-corrected chi connectivity index (χ0v) is 12.7. The van der Waals surface area contributed by atoms with Gasteiger partial charge in [0.1, 0.15) is 6.61 Å². The largest absolute Gasteiger partial charge is 0.458 e. The molecule has 0 saturated heterocycles. The topological polar surface area (TPSA) is 103 Å². The molecule has 0 saturated carbocycles. The van der Waals surface area contributed by atoms with Gasteiger partial charge in [-0.3, -0.25) is 4.79 Å². The lowest BCUT2D eigenvalue weighted by atomic mass is 9.83. The lowest BCUT2D eigenvalue weighted by molar-refractivity contribution is -0.172. The number of carbonyl (C=O) groups is 1. The zero-order valence-electron chi connectivity index (χ0n) is 12.7. The van der Waals surface area contributed by atoms with Crippen LogP contribution in [0.3, 0.4) is 0 Å². The number of ether oxygens (including phenoxy) is 1. The smallest absolute Gasteiger partial charge is 0.343 e. The first kappa shape index (κ1) is 15.4. The minimum Gasteiger partial charge on any atom is -0.458 e. The summed E-state index contributed by atoms with van der Waals surface area (Å²) in [7, 11) is 0. The Labute approximate surface area is 122 Å². The van der Waals surface area contributed by atoms with E-state index in [1.165, 1.54) is 6.07 Å². The van der Waals surface area contributed by atoms with Gasteiger partial charge in [0.05, 0.1) is 17.0 Å². The number of carbonyl (C=O) groups excluding carboxylic acids is 1. The molecule has 3 N–H and O–H groups in total. The molecule has 1 aromatic heterocycles. The molecule has 1 atom stereocenters. The van der Waals surface area contributed by atoms with E-state index < -0.39 is 22.5 Å². The monoisotopic (exact) mass is 292 g/mol. The summed E-state index contributed by atoms with van der Waals surface area (Å²) >= 11 is 0. The van der Waals surface area contributed by atoms with Crippen molar-refractivity contribution in [1.82, 2.24) is 4.98 Å². The van der Waals surface area contributed by atoms with Gasteiger partial charge in [-0.05, 0) is 12.5 Å². The van der Waals surface area contributed by atoms with Gasteiger partial charge >= 0.3 is 5.97 Å². The van der Waals surface area contributed by atoms with Crippen LogP contribution in [0.4, 0.5) is 0 Å². The fourth-order valence-corrected chi connectivity index (χ4v) is 2.34. The zero-order chi connectivity index (χ0) is 16.0. The van der Waals surface area contributed by atoms with Crippen LogP contribution in [0.25, 0.3) is 0 Å². The lowest BCUT2D eigenvalue weighted by Gasteiger charge is -2.32. The number of hydrogen-bond donors (Lipinski definition) is 3. The van der Waals surface area contributed by atoms with Crippen molar-refractivity contribution < 1.29 is 14.6 Å². The van der Waals surface area contributed by atoms with Crippen LogP contribution in [0.2, 0.25) is 0 Å². The summed E-state index contributed by atoms with van der Waals surface area (Å²) in [4.78, 5) is 26.7. The highest BCUT2D eigenvalue weighted by Crippen LogP contribution is 2.33. The number of esters is 1. The predicted octanol–water partition coefficient (Wildman–Crippen LogP) is 1.44. The molecule has 21 heavy (non-hydrogen) atoms. The first-order chi connectivity index (χ1) is 9.61. The van der Waals surface area contributed by atoms with E-state index in [1.807, 2.05) is 20.8 Å². The van der Waals surface area contributed by atoms with Gasteiger partial charge in [0.25, 0.3) is 5.56 Å². The summed E-state index contributed by atoms with van der Waals surface area (Å²) in [5.41, 5.74) is -1.69. The van der Waals surface area contributed by atoms with E-state index >= 15 is 0 Å². The maximum atomic E-state index is 12.2. The van der Waals surface area contributed by atoms with Gasteiger partial charge in [0.15, 0.2) is 5.60 Å². The number of aliphatic hydroxyl groups is 1. The molecule has 1 aliphatic rings. The minimum absolute atomic E-state index is 0.102. The number of H-pyrrole nitrogens is 1. The second kappa shape index (κ2) is 4.80. The molecule has 0 aliphatic carbocycles. The van der Waals surface area contributed by atoms with Crippen LogP contribution in [-0.2, 0) is 21.7 Å². The molecule has 1 aromatic rings. The number of nitrogens with one attached hydrogen (secondary N) is 2. The van der Waals surface area contributed by atoms with Crippen LogP contribution >= 0.6 is 0 Å². The van der Waals surface area contributed by atoms with Crippen molar-refractivity contribution in [1.29, 1.82) is 5.41 Å². The second-order valence-corrected chi connectivity index (χ2v) is 6.32. The maximum Gasteiger partial charge on any atom is 0.343 e. The standard InChI is InChI=1S/C15H20N2O4/c1-5-15(20)9-6-10(11(16)14(2,3)4)17-12(18)8(9)7-21-13(15)19/h6,16,20H,5,7H2,1-4H3,(H,17,18)/t15-/m0/s1. The van der Waals surface area contributed by atoms with E-state index in [9.17, 15) is 14.7 Å². The molecule has 6 heteroatoms. The highest BCUT2D eigenvalue weighted by Gasteiger charge is 2.44. The summed E-state index contributed by atoms with van der Waals surface area (Å²) in [6, 6.07) is 1.52. The summed E-state index contributed by atoms with van der Waals surface area (Å²) in [5.74, 6) is -0.753. The number of hydrogen-bond acceptors (Lipinski definition) is 5. The number of rotatable bonds is 2. The predicted molar refractivity (Wildman–Crippen MR) is 77.3 cm³/mol. The summed E-state index contributed by atoms with van der Waals surface area (Å²) in [6.45, 7) is 7.05. The average Bonchev–Trinajstić information content (AvgIpc) is 2.41. The molecule has 0 aromatic carbocycles. The third kappa shape index (κ3) is 2.40. The number of aromatic nitrogens is 1. The third-order valence-electron chi connectivity index (χ3n) is 3.80. The van der Waals surface area contributed by atoms with Gasteiger partial charge in [-0.1, -0.05) is 27.7 Å². The highest BCUT2D eigenvalue weighted by atomic mass is 16.6. The molecule has 0 amide bonds. The Hall–Kier alpha value is -1.95. The molecular formula is C15H20N2O4. The first-order valence-corrected chi connectivity index (χ1v) is 6.87. The molecule has 2 heterocycles. The van der Waals surface area contributed by atoms with Crippen molar-refractivity contribution in [3.05, 3.63) is 33.2 Å². The van der Waals surface area contributed by atoms with E-state index in [0.29, 0.717) is 5.69 Å². The van der Waals surface area contributed by atoms with Crippen molar-refractivity contribution in [3.8, 4) is 0 Å². The number of aromatic amines is 1. The molecule has 2 rings (SSSR count). The Bertz CT molecular complexity index is 669. The molecule has 1 aliphatic heterocycles. The Morgan fingerprint density at radius 1 is 1.48 bits per heavy atom. The minimum atomic E-state index is -1.82. The van der Waals surface area contributed by atoms with Crippen molar-refractivity contribution in [2.45, 2.75) is 46.3 Å². The van der Waals surface area contributed by atoms with Gasteiger partial charge in [-0.2, -0.15) is 0 Å². The Kier molecular flexibility index (Phi) is 3.53. The molecule has 0 bridgehead atoms. The number of fused-ring (bicyclic) bond motifs is 1. The van der Waals surface area contributed by atoms with Gasteiger partial charge in [-0.25, -0.2) is 4.79 Å². The quantitative estimate of drug-likeness (QED) is 0.567. The summed E-state index contributed by atoms with van der Waals surface area (Å²) in [6.07, 6.45) is 0.102. The number of cyclic esters (lactones) is 1. The van der Waals surface area contributed by atoms with Gasteiger partial charge < -0.3 is 20.2 Å². The van der Waals surface area contributed by atoms with E-state index in [-0.39, 0.29) is 29.9 Å². The van der Waals surface area contributed by atoms with E-state index in [0.717, 1.165) is 0 Å². The maximum absolute atomic E-state index is 12.2. The fraction of sp³-hybridized carbons (Fsp3) is 0.533. The Balaban J connectivity index is 2.68. The fourth-order valence-electron chi connectivity index (χ4n) is 2.34. The first-order valence-electron chi connectivity index (χ1n) is 6.87. The van der Waals surface area contributed by atoms with E-state index in [4.69, 9.17) is 10.1 Å². The van der Waals surface area contributed by atoms with Crippen molar-refractivity contribution in [2.24, 2.45) is 5.41 Å². The van der Waals surface area contributed by atoms with Crippen LogP contribution in [0.15, 0.2) is 10.9 Å². The molecule has 0 radical (unpaired) electrons. The van der Waals surface area contributed by atoms with Crippen molar-refractivity contribution >= 4 is 11.7 Å². The van der Waals surface area contributed by atoms with Gasteiger partial charge in [0, 0.05) is 11.0 Å². The molecule has 6 nitrogen and oxygen atoms in total. The van der Waals surface area contributed by atoms with Crippen LogP contribution < -0.4 is 5.56 Å². The van der Waals surface area contributed by atoms with Crippen molar-refractivity contribution in [2.75, 3.05) is 0 Å². The van der Waals surface area contributed by atoms with Gasteiger partial charge in [-0.15, -0.1) is 0 Å². The molecule has 0 fully saturated rings. The molecular weight excluding hydrogens is 272 g/mol. The average molecular weight is 292 g/mol. The van der Waals surface area contributed by atoms with E-state index in [2.05, 4.69) is 4.98 Å². The molecule has 114 valence electrons. The normalized spacial score (nSPS) is 21.7. The SMILES string of the molecule is CC[C@@]1(O)C(=O)OCc2c1cc(C(=N)C(C)(C)C)[nH]c2=O. The Morgan fingerprint density at radius 2 is 2.10 bits per heavy atom. The van der Waals surface area contributed by atoms with Crippen LogP contribution in [0.5, 0.6) is 0 Å². The molecule has 0 spiro atoms. The van der Waals surface area contributed by atoms with Crippen molar-refractivity contribution in [3.63, 3.8) is 0 Å². The number of pyridine rings is 1. The Morgan fingerprint density at radius 3 is 2.62 bits per heavy atom. The molecule has 0 unspecified atom stereocenters. The van der Waals surface area contributed by atoms with Crippen LogP contribution in [0.1, 0.15) is 50.9 Å². The third-order valence-corrected chi connectivity index (χ3v) is 3.80. The van der Waals surface area contributed by atoms with E-state index in [1.54, 1.807) is 6.92 Å². The second-order valence-electron chi connectivity index (χ2n) is 6.32. The lowest BCUT2D eigenvalue weighted by Crippen LogP contribution is -2.44. The summed E-state index contributed by atoms with van der Waals surface area (Å²) < 4.78 is 4.90. The highest BCUT2D eigenvalue weighted by molar-refractivity contribution is 6.00.